The SMILES string of the molecule is CCN(CCO)C(=O)CC1(NC)CCCCC1. The van der Waals surface area contributed by atoms with Crippen molar-refractivity contribution in [2.24, 2.45) is 0 Å². The number of aliphatic hydroxyl groups excluding tert-OH is 1. The molecule has 1 aliphatic rings. The lowest BCUT2D eigenvalue weighted by molar-refractivity contribution is -0.133. The predicted molar refractivity (Wildman–Crippen MR) is 68.8 cm³/mol. The molecular formula is C13H26N2O2. The molecule has 17 heavy (non-hydrogen) atoms. The van der Waals surface area contributed by atoms with E-state index in [-0.39, 0.29) is 18.1 Å². The molecule has 0 radical (unpaired) electrons. The van der Waals surface area contributed by atoms with Crippen molar-refractivity contribution in [1.29, 1.82) is 0 Å². The highest BCUT2D eigenvalue weighted by atomic mass is 16.3. The third-order valence-corrected chi connectivity index (χ3v) is 3.93. The molecule has 1 saturated carbocycles. The van der Waals surface area contributed by atoms with Crippen LogP contribution in [0.25, 0.3) is 0 Å². The number of hydrogen-bond donors (Lipinski definition) is 2. The van der Waals surface area contributed by atoms with Crippen molar-refractivity contribution in [1.82, 2.24) is 10.2 Å². The molecular weight excluding hydrogens is 216 g/mol. The van der Waals surface area contributed by atoms with Gasteiger partial charge < -0.3 is 15.3 Å². The lowest BCUT2D eigenvalue weighted by atomic mass is 9.79. The molecule has 1 aliphatic carbocycles. The van der Waals surface area contributed by atoms with Crippen molar-refractivity contribution in [3.63, 3.8) is 0 Å². The van der Waals surface area contributed by atoms with Gasteiger partial charge in [-0.15, -0.1) is 0 Å². The number of hydrogen-bond acceptors (Lipinski definition) is 3. The van der Waals surface area contributed by atoms with Gasteiger partial charge in [0, 0.05) is 25.0 Å². The van der Waals surface area contributed by atoms with Crippen molar-refractivity contribution in [3.8, 4) is 0 Å². The number of aliphatic hydroxyl groups is 1. The molecule has 1 rings (SSSR count). The zero-order chi connectivity index (χ0) is 12.7. The number of nitrogens with one attached hydrogen (secondary N) is 1. The van der Waals surface area contributed by atoms with Crippen LogP contribution in [-0.2, 0) is 4.79 Å². The summed E-state index contributed by atoms with van der Waals surface area (Å²) in [7, 11) is 1.96. The largest absolute Gasteiger partial charge is 0.395 e. The van der Waals surface area contributed by atoms with Gasteiger partial charge in [-0.2, -0.15) is 0 Å². The Labute approximate surface area is 104 Å². The molecule has 0 spiro atoms. The van der Waals surface area contributed by atoms with Crippen LogP contribution in [0.15, 0.2) is 0 Å². The van der Waals surface area contributed by atoms with Crippen LogP contribution in [0.3, 0.4) is 0 Å². The summed E-state index contributed by atoms with van der Waals surface area (Å²) in [5.74, 6) is 0.165. The highest BCUT2D eigenvalue weighted by molar-refractivity contribution is 5.77. The quantitative estimate of drug-likeness (QED) is 0.734. The molecule has 0 saturated heterocycles. The minimum atomic E-state index is -0.00178. The summed E-state index contributed by atoms with van der Waals surface area (Å²) in [6, 6.07) is 0. The maximum atomic E-state index is 12.2. The third-order valence-electron chi connectivity index (χ3n) is 3.93. The van der Waals surface area contributed by atoms with Crippen molar-refractivity contribution in [2.45, 2.75) is 51.0 Å². The molecule has 0 bridgehead atoms. The van der Waals surface area contributed by atoms with Gasteiger partial charge in [-0.3, -0.25) is 4.79 Å². The smallest absolute Gasteiger partial charge is 0.224 e. The monoisotopic (exact) mass is 242 g/mol. The second-order valence-corrected chi connectivity index (χ2v) is 4.96. The second kappa shape index (κ2) is 6.97. The summed E-state index contributed by atoms with van der Waals surface area (Å²) >= 11 is 0. The summed E-state index contributed by atoms with van der Waals surface area (Å²) in [6.07, 6.45) is 6.45. The highest BCUT2D eigenvalue weighted by Gasteiger charge is 2.33. The van der Waals surface area contributed by atoms with Gasteiger partial charge in [-0.05, 0) is 26.8 Å². The third kappa shape index (κ3) is 3.96. The van der Waals surface area contributed by atoms with Crippen LogP contribution < -0.4 is 5.32 Å². The minimum Gasteiger partial charge on any atom is -0.395 e. The van der Waals surface area contributed by atoms with E-state index in [4.69, 9.17) is 5.11 Å². The predicted octanol–water partition coefficient (Wildman–Crippen LogP) is 1.14. The zero-order valence-corrected chi connectivity index (χ0v) is 11.2. The van der Waals surface area contributed by atoms with Crippen molar-refractivity contribution in [2.75, 3.05) is 26.7 Å². The van der Waals surface area contributed by atoms with Gasteiger partial charge in [0.15, 0.2) is 0 Å². The van der Waals surface area contributed by atoms with Gasteiger partial charge in [0.1, 0.15) is 0 Å². The molecule has 0 aliphatic heterocycles. The van der Waals surface area contributed by atoms with Gasteiger partial charge in [-0.25, -0.2) is 0 Å². The molecule has 0 atom stereocenters. The van der Waals surface area contributed by atoms with E-state index >= 15 is 0 Å². The first-order chi connectivity index (χ1) is 8.17. The Morgan fingerprint density at radius 1 is 1.35 bits per heavy atom. The maximum absolute atomic E-state index is 12.2. The average molecular weight is 242 g/mol. The van der Waals surface area contributed by atoms with Gasteiger partial charge in [0.25, 0.3) is 0 Å². The van der Waals surface area contributed by atoms with E-state index < -0.39 is 0 Å². The van der Waals surface area contributed by atoms with Crippen LogP contribution in [0.1, 0.15) is 45.4 Å². The maximum Gasteiger partial charge on any atom is 0.224 e. The Morgan fingerprint density at radius 3 is 2.47 bits per heavy atom. The van der Waals surface area contributed by atoms with E-state index in [1.165, 1.54) is 19.3 Å². The molecule has 0 aromatic carbocycles. The molecule has 0 unspecified atom stereocenters. The van der Waals surface area contributed by atoms with Gasteiger partial charge in [0.2, 0.25) is 5.91 Å². The number of nitrogens with zero attached hydrogens (tertiary/aromatic N) is 1. The van der Waals surface area contributed by atoms with E-state index in [1.807, 2.05) is 14.0 Å². The minimum absolute atomic E-state index is 0.00178. The standard InChI is InChI=1S/C13H26N2O2/c1-3-15(9-10-16)12(17)11-13(14-2)7-5-4-6-8-13/h14,16H,3-11H2,1-2H3. The fourth-order valence-electron chi connectivity index (χ4n) is 2.72. The first-order valence-electron chi connectivity index (χ1n) is 6.75. The molecule has 4 nitrogen and oxygen atoms in total. The number of amides is 1. The number of carbonyl (C=O) groups is 1. The van der Waals surface area contributed by atoms with Gasteiger partial charge in [0.05, 0.1) is 6.61 Å². The second-order valence-electron chi connectivity index (χ2n) is 4.96. The summed E-state index contributed by atoms with van der Waals surface area (Å²) in [4.78, 5) is 13.9. The molecule has 0 aromatic rings. The zero-order valence-electron chi connectivity index (χ0n) is 11.2. The summed E-state index contributed by atoms with van der Waals surface area (Å²) < 4.78 is 0. The van der Waals surface area contributed by atoms with Crippen LogP contribution >= 0.6 is 0 Å². The van der Waals surface area contributed by atoms with E-state index in [1.54, 1.807) is 4.90 Å². The first-order valence-corrected chi connectivity index (χ1v) is 6.75. The Balaban J connectivity index is 2.57. The summed E-state index contributed by atoms with van der Waals surface area (Å²) in [5, 5.41) is 12.3. The Kier molecular flexibility index (Phi) is 5.92. The number of carbonyl (C=O) groups excluding carboxylic acids is 1. The van der Waals surface area contributed by atoms with E-state index in [0.717, 1.165) is 12.8 Å². The summed E-state index contributed by atoms with van der Waals surface area (Å²) in [6.45, 7) is 3.14. The van der Waals surface area contributed by atoms with Crippen LogP contribution in [-0.4, -0.2) is 48.2 Å². The molecule has 4 heteroatoms. The van der Waals surface area contributed by atoms with Gasteiger partial charge in [-0.1, -0.05) is 19.3 Å². The van der Waals surface area contributed by atoms with Crippen LogP contribution in [0, 0.1) is 0 Å². The van der Waals surface area contributed by atoms with Crippen molar-refractivity contribution in [3.05, 3.63) is 0 Å². The van der Waals surface area contributed by atoms with Crippen LogP contribution in [0.2, 0.25) is 0 Å². The van der Waals surface area contributed by atoms with E-state index in [9.17, 15) is 4.79 Å². The number of rotatable bonds is 6. The van der Waals surface area contributed by atoms with E-state index in [0.29, 0.717) is 19.5 Å². The van der Waals surface area contributed by atoms with E-state index in [2.05, 4.69) is 5.32 Å². The fourth-order valence-corrected chi connectivity index (χ4v) is 2.72. The average Bonchev–Trinajstić information content (AvgIpc) is 2.36. The van der Waals surface area contributed by atoms with Crippen LogP contribution in [0.5, 0.6) is 0 Å². The van der Waals surface area contributed by atoms with Crippen molar-refractivity contribution >= 4 is 5.91 Å². The lowest BCUT2D eigenvalue weighted by Gasteiger charge is -2.38. The topological polar surface area (TPSA) is 52.6 Å². The molecule has 1 fully saturated rings. The Hall–Kier alpha value is -0.610. The Morgan fingerprint density at radius 2 is 2.00 bits per heavy atom. The normalized spacial score (nSPS) is 19.0. The highest BCUT2D eigenvalue weighted by Crippen LogP contribution is 2.31. The molecule has 0 aromatic heterocycles. The molecule has 1 amide bonds. The summed E-state index contributed by atoms with van der Waals surface area (Å²) in [5.41, 5.74) is -0.00178. The molecule has 100 valence electrons. The van der Waals surface area contributed by atoms with Gasteiger partial charge >= 0.3 is 0 Å². The Bertz CT molecular complexity index is 238. The van der Waals surface area contributed by atoms with Crippen molar-refractivity contribution < 1.29 is 9.90 Å². The molecule has 2 N–H and O–H groups in total. The first kappa shape index (κ1) is 14.5. The molecule has 0 heterocycles. The lowest BCUT2D eigenvalue weighted by Crippen LogP contribution is -2.49. The van der Waals surface area contributed by atoms with Crippen LogP contribution in [0.4, 0.5) is 0 Å². The fraction of sp³-hybridized carbons (Fsp3) is 0.923. The number of likely N-dealkylation sites (N-methyl/N-ethyl adjacent to an activating group) is 1.